The van der Waals surface area contributed by atoms with Gasteiger partial charge in [0.25, 0.3) is 0 Å². The van der Waals surface area contributed by atoms with Crippen LogP contribution in [-0.4, -0.2) is 21.0 Å². The predicted molar refractivity (Wildman–Crippen MR) is 102 cm³/mol. The Morgan fingerprint density at radius 3 is 2.30 bits per heavy atom. The van der Waals surface area contributed by atoms with Crippen LogP contribution in [0.4, 0.5) is 0 Å². The first-order chi connectivity index (χ1) is 10.7. The third-order valence-corrected chi connectivity index (χ3v) is 9.28. The van der Waals surface area contributed by atoms with Crippen molar-refractivity contribution in [2.75, 3.05) is 6.61 Å². The van der Waals surface area contributed by atoms with Crippen molar-refractivity contribution >= 4 is 8.32 Å². The average molecular weight is 335 g/mol. The maximum atomic E-state index is 6.59. The van der Waals surface area contributed by atoms with Crippen LogP contribution in [-0.2, 0) is 15.8 Å². The van der Waals surface area contributed by atoms with E-state index in [1.807, 2.05) is 24.3 Å². The minimum Gasteiger partial charge on any atom is -0.413 e. The topological polar surface area (TPSA) is 18.5 Å². The molecule has 0 saturated carbocycles. The van der Waals surface area contributed by atoms with Crippen molar-refractivity contribution in [3.8, 4) is 0 Å². The van der Waals surface area contributed by atoms with E-state index in [0.29, 0.717) is 19.1 Å². The van der Waals surface area contributed by atoms with Gasteiger partial charge in [-0.25, -0.2) is 0 Å². The first-order valence-electron chi connectivity index (χ1n) is 8.58. The summed E-state index contributed by atoms with van der Waals surface area (Å²) in [5, 5.41) is 0.219. The van der Waals surface area contributed by atoms with Gasteiger partial charge in [-0.3, -0.25) is 0 Å². The molecule has 0 aliphatic rings. The lowest BCUT2D eigenvalue weighted by molar-refractivity contribution is 0.0352. The summed E-state index contributed by atoms with van der Waals surface area (Å²) in [4.78, 5) is 0. The number of ether oxygens (including phenoxy) is 1. The number of hydrogen-bond acceptors (Lipinski definition) is 2. The van der Waals surface area contributed by atoms with Crippen LogP contribution in [0.15, 0.2) is 43.0 Å². The molecule has 0 N–H and O–H groups in total. The van der Waals surface area contributed by atoms with E-state index in [4.69, 9.17) is 9.16 Å². The molecule has 2 nitrogen and oxygen atoms in total. The lowest BCUT2D eigenvalue weighted by Crippen LogP contribution is -2.46. The molecule has 130 valence electrons. The zero-order valence-corrected chi connectivity index (χ0v) is 16.8. The fourth-order valence-corrected chi connectivity index (χ4v) is 3.60. The fraction of sp³-hybridized carbons (Fsp3) is 0.600. The quantitative estimate of drug-likeness (QED) is 0.419. The third kappa shape index (κ3) is 6.62. The molecule has 0 fully saturated rings. The molecule has 0 unspecified atom stereocenters. The standard InChI is InChI=1S/C20H34O2Si/c1-8-12-19(22-23(6,7)20(3,4)5)17(2)15-21-16-18-13-10-9-11-14-18/h8-11,13-14,17,19H,1,12,15-16H2,2-7H3/t17-,19+/m1/s1. The largest absolute Gasteiger partial charge is 0.413 e. The summed E-state index contributed by atoms with van der Waals surface area (Å²) in [5.41, 5.74) is 1.21. The molecule has 0 aliphatic heterocycles. The molecule has 0 amide bonds. The highest BCUT2D eigenvalue weighted by Gasteiger charge is 2.39. The highest BCUT2D eigenvalue weighted by molar-refractivity contribution is 6.74. The highest BCUT2D eigenvalue weighted by Crippen LogP contribution is 2.38. The SMILES string of the molecule is C=CC[C@H](O[Si](C)(C)C(C)(C)C)[C@H](C)COCc1ccccc1. The van der Waals surface area contributed by atoms with Gasteiger partial charge in [0.05, 0.1) is 19.3 Å². The van der Waals surface area contributed by atoms with Crippen molar-refractivity contribution in [3.63, 3.8) is 0 Å². The molecule has 1 aromatic rings. The Balaban J connectivity index is 2.57. The van der Waals surface area contributed by atoms with Gasteiger partial charge in [0.15, 0.2) is 8.32 Å². The van der Waals surface area contributed by atoms with Crippen LogP contribution in [0.25, 0.3) is 0 Å². The Labute approximate surface area is 144 Å². The summed E-state index contributed by atoms with van der Waals surface area (Å²) in [7, 11) is -1.77. The number of rotatable bonds is 9. The fourth-order valence-electron chi connectivity index (χ4n) is 2.16. The Morgan fingerprint density at radius 1 is 1.17 bits per heavy atom. The van der Waals surface area contributed by atoms with Crippen LogP contribution in [0.3, 0.4) is 0 Å². The van der Waals surface area contributed by atoms with E-state index in [9.17, 15) is 0 Å². The van der Waals surface area contributed by atoms with E-state index in [1.165, 1.54) is 5.56 Å². The average Bonchev–Trinajstić information content (AvgIpc) is 2.46. The monoisotopic (exact) mass is 334 g/mol. The van der Waals surface area contributed by atoms with Crippen LogP contribution >= 0.6 is 0 Å². The summed E-state index contributed by atoms with van der Waals surface area (Å²) in [6, 6.07) is 10.3. The molecule has 2 atom stereocenters. The first kappa shape index (κ1) is 20.1. The van der Waals surface area contributed by atoms with E-state index in [2.05, 4.69) is 59.5 Å². The van der Waals surface area contributed by atoms with Crippen LogP contribution < -0.4 is 0 Å². The second kappa shape index (κ2) is 8.81. The van der Waals surface area contributed by atoms with Crippen LogP contribution in [0.2, 0.25) is 18.1 Å². The van der Waals surface area contributed by atoms with Gasteiger partial charge >= 0.3 is 0 Å². The molecule has 0 heterocycles. The van der Waals surface area contributed by atoms with Gasteiger partial charge in [-0.1, -0.05) is 64.1 Å². The Hall–Kier alpha value is -0.903. The molecule has 0 saturated heterocycles. The van der Waals surface area contributed by atoms with E-state index in [1.54, 1.807) is 0 Å². The molecule has 3 heteroatoms. The van der Waals surface area contributed by atoms with Gasteiger partial charge in [0.1, 0.15) is 0 Å². The van der Waals surface area contributed by atoms with Crippen LogP contribution in [0.5, 0.6) is 0 Å². The molecular weight excluding hydrogens is 300 g/mol. The molecule has 23 heavy (non-hydrogen) atoms. The molecule has 0 spiro atoms. The van der Waals surface area contributed by atoms with Gasteiger partial charge in [-0.05, 0) is 30.1 Å². The van der Waals surface area contributed by atoms with Crippen LogP contribution in [0, 0.1) is 5.92 Å². The molecule has 0 radical (unpaired) electrons. The van der Waals surface area contributed by atoms with E-state index in [-0.39, 0.29) is 11.1 Å². The minimum atomic E-state index is -1.77. The Morgan fingerprint density at radius 2 is 1.78 bits per heavy atom. The van der Waals surface area contributed by atoms with Gasteiger partial charge in [-0.15, -0.1) is 6.58 Å². The summed E-state index contributed by atoms with van der Waals surface area (Å²) >= 11 is 0. The van der Waals surface area contributed by atoms with E-state index >= 15 is 0 Å². The first-order valence-corrected chi connectivity index (χ1v) is 11.5. The van der Waals surface area contributed by atoms with Crippen molar-refractivity contribution in [1.29, 1.82) is 0 Å². The molecule has 0 aliphatic carbocycles. The minimum absolute atomic E-state index is 0.184. The van der Waals surface area contributed by atoms with Crippen molar-refractivity contribution < 1.29 is 9.16 Å². The molecule has 1 aromatic carbocycles. The maximum Gasteiger partial charge on any atom is 0.192 e. The summed E-state index contributed by atoms with van der Waals surface area (Å²) < 4.78 is 12.5. The van der Waals surface area contributed by atoms with Crippen molar-refractivity contribution in [2.24, 2.45) is 5.92 Å². The third-order valence-electron chi connectivity index (χ3n) is 4.78. The second-order valence-electron chi connectivity index (χ2n) is 7.92. The smallest absolute Gasteiger partial charge is 0.192 e. The van der Waals surface area contributed by atoms with Gasteiger partial charge in [0.2, 0.25) is 0 Å². The normalized spacial score (nSPS) is 15.2. The molecule has 0 bridgehead atoms. The Kier molecular flexibility index (Phi) is 7.72. The zero-order valence-electron chi connectivity index (χ0n) is 15.8. The van der Waals surface area contributed by atoms with E-state index < -0.39 is 8.32 Å². The van der Waals surface area contributed by atoms with Gasteiger partial charge in [-0.2, -0.15) is 0 Å². The van der Waals surface area contributed by atoms with Gasteiger partial charge < -0.3 is 9.16 Å². The van der Waals surface area contributed by atoms with Crippen molar-refractivity contribution in [1.82, 2.24) is 0 Å². The van der Waals surface area contributed by atoms with E-state index in [0.717, 1.165) is 6.42 Å². The molecule has 0 aromatic heterocycles. The Bertz CT molecular complexity index is 462. The predicted octanol–water partition coefficient (Wildman–Crippen LogP) is 5.81. The number of hydrogen-bond donors (Lipinski definition) is 0. The van der Waals surface area contributed by atoms with Crippen LogP contribution in [0.1, 0.15) is 39.7 Å². The lowest BCUT2D eigenvalue weighted by Gasteiger charge is -2.40. The summed E-state index contributed by atoms with van der Waals surface area (Å²) in [6.07, 6.45) is 3.03. The highest BCUT2D eigenvalue weighted by atomic mass is 28.4. The number of benzene rings is 1. The molecule has 1 rings (SSSR count). The summed E-state index contributed by atoms with van der Waals surface area (Å²) in [5.74, 6) is 0.353. The van der Waals surface area contributed by atoms with Crippen molar-refractivity contribution in [3.05, 3.63) is 48.6 Å². The van der Waals surface area contributed by atoms with Crippen molar-refractivity contribution in [2.45, 2.75) is 65.0 Å². The maximum absolute atomic E-state index is 6.59. The zero-order chi connectivity index (χ0) is 17.5. The van der Waals surface area contributed by atoms with Gasteiger partial charge in [0, 0.05) is 5.92 Å². The molecular formula is C20H34O2Si. The summed E-state index contributed by atoms with van der Waals surface area (Å²) in [6.45, 7) is 18.9. The second-order valence-corrected chi connectivity index (χ2v) is 12.7. The lowest BCUT2D eigenvalue weighted by atomic mass is 10.0.